The zero-order chi connectivity index (χ0) is 26.9. The number of ether oxygens (including phenoxy) is 2. The van der Waals surface area contributed by atoms with Crippen LogP contribution >= 0.6 is 7.14 Å². The second kappa shape index (κ2) is 9.81. The van der Waals surface area contributed by atoms with Crippen LogP contribution in [0, 0.1) is 0 Å². The number of methoxy groups -OCH3 is 2. The average Bonchev–Trinajstić information content (AvgIpc) is 2.85. The average molecular weight is 530 g/mol. The van der Waals surface area contributed by atoms with Gasteiger partial charge in [-0.3, -0.25) is 9.59 Å². The lowest BCUT2D eigenvalue weighted by molar-refractivity contribution is -0.143. The summed E-state index contributed by atoms with van der Waals surface area (Å²) in [5.41, 5.74) is -9.91. The van der Waals surface area contributed by atoms with Crippen molar-refractivity contribution in [2.75, 3.05) is 14.2 Å². The molecule has 3 aromatic rings. The maximum Gasteiger partial charge on any atom is 0.417 e. The third kappa shape index (κ3) is 4.88. The molecule has 3 aromatic carbocycles. The molecule has 0 fully saturated rings. The van der Waals surface area contributed by atoms with Gasteiger partial charge in [-0.1, -0.05) is 36.4 Å². The molecule has 0 amide bonds. The van der Waals surface area contributed by atoms with Crippen LogP contribution in [0.1, 0.15) is 31.8 Å². The van der Waals surface area contributed by atoms with Crippen LogP contribution in [0.25, 0.3) is 0 Å². The van der Waals surface area contributed by atoms with Gasteiger partial charge in [0.05, 0.1) is 36.5 Å². The molecule has 0 radical (unpaired) electrons. The van der Waals surface area contributed by atoms with E-state index in [-0.39, 0.29) is 23.6 Å². The number of benzene rings is 3. The zero-order valence-corrected chi connectivity index (χ0v) is 19.5. The van der Waals surface area contributed by atoms with Gasteiger partial charge in [0.15, 0.2) is 0 Å². The molecule has 0 N–H and O–H groups in total. The molecule has 3 rings (SSSR count). The van der Waals surface area contributed by atoms with Crippen molar-refractivity contribution in [3.8, 4) is 11.5 Å². The number of rotatable bonds is 7. The predicted molar refractivity (Wildman–Crippen MR) is 118 cm³/mol. The lowest BCUT2D eigenvalue weighted by atomic mass is 10.0. The summed E-state index contributed by atoms with van der Waals surface area (Å²) in [6.07, 6.45) is -10.8. The molecule has 0 bridgehead atoms. The summed E-state index contributed by atoms with van der Waals surface area (Å²) in [6.45, 7) is 0. The molecule has 5 nitrogen and oxygen atoms in total. The summed E-state index contributed by atoms with van der Waals surface area (Å²) in [5.74, 6) is -0.0606. The van der Waals surface area contributed by atoms with E-state index in [1.54, 1.807) is 0 Å². The first-order chi connectivity index (χ1) is 16.8. The van der Waals surface area contributed by atoms with Crippen LogP contribution in [-0.2, 0) is 16.9 Å². The van der Waals surface area contributed by atoms with Crippen LogP contribution in [0.5, 0.6) is 11.5 Å². The van der Waals surface area contributed by atoms with E-state index in [0.29, 0.717) is 6.07 Å². The second-order valence-electron chi connectivity index (χ2n) is 7.34. The maximum atomic E-state index is 14.3. The standard InChI is InChI=1S/C24H17F6O5P/c1-34-14-11-12-16(19(13-14)35-2)21(31)36(33,15-7-4-3-5-8-15)22(32)20-17(23(25,26)27)9-6-10-18(20)24(28,29)30/h3-13H,1-2H3. The van der Waals surface area contributed by atoms with Crippen LogP contribution in [0.4, 0.5) is 26.3 Å². The van der Waals surface area contributed by atoms with Crippen LogP contribution in [0.3, 0.4) is 0 Å². The third-order valence-corrected chi connectivity index (χ3v) is 7.85. The Kier molecular flexibility index (Phi) is 7.36. The van der Waals surface area contributed by atoms with Gasteiger partial charge >= 0.3 is 12.4 Å². The number of alkyl halides is 6. The Balaban J connectivity index is 2.39. The predicted octanol–water partition coefficient (Wildman–Crippen LogP) is 6.41. The minimum atomic E-state index is -5.42. The van der Waals surface area contributed by atoms with Gasteiger partial charge in [0.25, 0.3) is 0 Å². The third-order valence-electron chi connectivity index (χ3n) is 5.22. The Morgan fingerprint density at radius 2 is 1.28 bits per heavy atom. The minimum Gasteiger partial charge on any atom is -0.497 e. The highest BCUT2D eigenvalue weighted by atomic mass is 31.2. The summed E-state index contributed by atoms with van der Waals surface area (Å²) < 4.78 is 107. The van der Waals surface area contributed by atoms with Crippen molar-refractivity contribution in [3.63, 3.8) is 0 Å². The van der Waals surface area contributed by atoms with Crippen LogP contribution in [0.15, 0.2) is 66.7 Å². The fourth-order valence-electron chi connectivity index (χ4n) is 3.52. The molecule has 36 heavy (non-hydrogen) atoms. The Morgan fingerprint density at radius 1 is 0.722 bits per heavy atom. The Bertz CT molecular complexity index is 1320. The zero-order valence-electron chi connectivity index (χ0n) is 18.6. The van der Waals surface area contributed by atoms with Gasteiger partial charge in [-0.2, -0.15) is 26.3 Å². The molecule has 0 aliphatic heterocycles. The van der Waals surface area contributed by atoms with Gasteiger partial charge in [0, 0.05) is 11.4 Å². The fourth-order valence-corrected chi connectivity index (χ4v) is 5.85. The maximum absolute atomic E-state index is 14.3. The molecule has 0 aliphatic rings. The lowest BCUT2D eigenvalue weighted by Gasteiger charge is -2.22. The molecule has 0 aromatic heterocycles. The van der Waals surface area contributed by atoms with Gasteiger partial charge in [0.1, 0.15) is 11.5 Å². The van der Waals surface area contributed by atoms with Crippen molar-refractivity contribution in [1.29, 1.82) is 0 Å². The number of hydrogen-bond donors (Lipinski definition) is 0. The molecular formula is C24H17F6O5P. The van der Waals surface area contributed by atoms with Crippen LogP contribution in [0.2, 0.25) is 0 Å². The first-order valence-electron chi connectivity index (χ1n) is 10.0. The number of carbonyl (C=O) groups excluding carboxylic acids is 2. The SMILES string of the molecule is COc1ccc(C(=O)P(=O)(C(=O)c2c(C(F)(F)F)cccc2C(F)(F)F)c2ccccc2)c(OC)c1. The van der Waals surface area contributed by atoms with E-state index in [9.17, 15) is 40.5 Å². The van der Waals surface area contributed by atoms with Crippen LogP contribution < -0.4 is 14.8 Å². The van der Waals surface area contributed by atoms with Crippen molar-refractivity contribution >= 4 is 23.5 Å². The quantitative estimate of drug-likeness (QED) is 0.261. The molecule has 12 heteroatoms. The molecule has 0 aliphatic carbocycles. The lowest BCUT2D eigenvalue weighted by Crippen LogP contribution is -2.26. The molecule has 0 spiro atoms. The smallest absolute Gasteiger partial charge is 0.417 e. The van der Waals surface area contributed by atoms with Crippen molar-refractivity contribution in [2.24, 2.45) is 0 Å². The summed E-state index contributed by atoms with van der Waals surface area (Å²) in [5, 5.41) is -0.539. The van der Waals surface area contributed by atoms with E-state index >= 15 is 0 Å². The molecular weight excluding hydrogens is 513 g/mol. The van der Waals surface area contributed by atoms with Crippen molar-refractivity contribution < 1.29 is 50.0 Å². The normalized spacial score (nSPS) is 13.6. The van der Waals surface area contributed by atoms with Crippen molar-refractivity contribution in [1.82, 2.24) is 0 Å². The highest BCUT2D eigenvalue weighted by Gasteiger charge is 2.50. The fraction of sp³-hybridized carbons (Fsp3) is 0.167. The summed E-state index contributed by atoms with van der Waals surface area (Å²) >= 11 is 0. The number of carbonyl (C=O) groups is 2. The van der Waals surface area contributed by atoms with Gasteiger partial charge in [-0.25, -0.2) is 0 Å². The molecule has 0 heterocycles. The molecule has 1 atom stereocenters. The molecule has 190 valence electrons. The molecule has 0 saturated heterocycles. The van der Waals surface area contributed by atoms with Gasteiger partial charge in [-0.15, -0.1) is 0 Å². The number of halogens is 6. The van der Waals surface area contributed by atoms with Crippen molar-refractivity contribution in [2.45, 2.75) is 12.4 Å². The summed E-state index contributed by atoms with van der Waals surface area (Å²) in [6, 6.07) is 10.4. The highest BCUT2D eigenvalue weighted by molar-refractivity contribution is 8.01. The Labute approximate surface area is 201 Å². The Morgan fingerprint density at radius 3 is 1.75 bits per heavy atom. The molecule has 1 unspecified atom stereocenters. The van der Waals surface area contributed by atoms with Gasteiger partial charge in [-0.05, 0) is 24.3 Å². The molecule has 0 saturated carbocycles. The van der Waals surface area contributed by atoms with E-state index in [0.717, 1.165) is 25.3 Å². The summed E-state index contributed by atoms with van der Waals surface area (Å²) in [4.78, 5) is 27.2. The first kappa shape index (κ1) is 27.0. The summed E-state index contributed by atoms with van der Waals surface area (Å²) in [7, 11) is -2.93. The van der Waals surface area contributed by atoms with E-state index in [1.807, 2.05) is 0 Å². The monoisotopic (exact) mass is 530 g/mol. The van der Waals surface area contributed by atoms with Crippen molar-refractivity contribution in [3.05, 3.63) is 89.0 Å². The number of hydrogen-bond acceptors (Lipinski definition) is 5. The minimum absolute atomic E-state index is 0.186. The van der Waals surface area contributed by atoms with E-state index < -0.39 is 58.1 Å². The Hall–Kier alpha value is -3.59. The van der Waals surface area contributed by atoms with E-state index in [1.165, 1.54) is 37.4 Å². The largest absolute Gasteiger partial charge is 0.497 e. The van der Waals surface area contributed by atoms with Gasteiger partial charge < -0.3 is 14.0 Å². The van der Waals surface area contributed by atoms with Gasteiger partial charge in [0.2, 0.25) is 18.2 Å². The second-order valence-corrected chi connectivity index (χ2v) is 9.89. The topological polar surface area (TPSA) is 69.7 Å². The highest BCUT2D eigenvalue weighted by Crippen LogP contribution is 2.55. The first-order valence-corrected chi connectivity index (χ1v) is 11.7. The van der Waals surface area contributed by atoms with E-state index in [4.69, 9.17) is 9.47 Å². The van der Waals surface area contributed by atoms with Crippen LogP contribution in [-0.4, -0.2) is 25.3 Å². The van der Waals surface area contributed by atoms with E-state index in [2.05, 4.69) is 0 Å².